The van der Waals surface area contributed by atoms with E-state index in [1.165, 1.54) is 34.5 Å². The predicted octanol–water partition coefficient (Wildman–Crippen LogP) is 4.09. The Hall–Kier alpha value is -2.87. The number of azo groups is 1. The van der Waals surface area contributed by atoms with E-state index in [4.69, 9.17) is 4.74 Å². The van der Waals surface area contributed by atoms with Crippen molar-refractivity contribution in [2.45, 2.75) is 67.7 Å². The van der Waals surface area contributed by atoms with Crippen LogP contribution >= 0.6 is 22.7 Å². The topological polar surface area (TPSA) is 136 Å². The number of carbonyl (C=O) groups is 1. The highest BCUT2D eigenvalue weighted by Crippen LogP contribution is 2.22. The average Bonchev–Trinajstić information content (AvgIpc) is 3.28. The Morgan fingerprint density at radius 2 is 1.39 bits per heavy atom. The SMILES string of the molecule is COC(=O)/C(=N\N=c1/sc(N=N/C(=N\N=c2/sc(C(C)(C)C)nn2C)C(C)(C)C)nn1C)C(C)(C)C. The fourth-order valence-corrected chi connectivity index (χ4v) is 3.95. The van der Waals surface area contributed by atoms with Gasteiger partial charge in [0.2, 0.25) is 9.60 Å². The standard InChI is InChI=1S/C22H36N10O2S2/c1-20(2,3)13(14(33)34-12)23-27-19-32(11)30-17(36-19)26-24-15(21(4,5)6)25-28-18-31(10)29-16(35-18)22(7,8)9/h1-12H3/b23-13+,25-15-,26-24?,27-19-,28-18-. The minimum Gasteiger partial charge on any atom is -0.464 e. The van der Waals surface area contributed by atoms with Gasteiger partial charge in [-0.05, 0) is 0 Å². The van der Waals surface area contributed by atoms with Gasteiger partial charge in [-0.2, -0.15) is 5.10 Å². The second-order valence-corrected chi connectivity index (χ2v) is 13.0. The number of hydrogen-bond donors (Lipinski definition) is 0. The summed E-state index contributed by atoms with van der Waals surface area (Å²) in [4.78, 5) is 13.2. The van der Waals surface area contributed by atoms with Crippen LogP contribution in [0, 0.1) is 10.8 Å². The molecule has 198 valence electrons. The normalized spacial score (nSPS) is 15.3. The zero-order chi connectivity index (χ0) is 27.5. The van der Waals surface area contributed by atoms with Gasteiger partial charge < -0.3 is 4.74 Å². The predicted molar refractivity (Wildman–Crippen MR) is 142 cm³/mol. The highest BCUT2D eigenvalue weighted by atomic mass is 32.1. The molecule has 0 aromatic carbocycles. The lowest BCUT2D eigenvalue weighted by Gasteiger charge is -2.17. The Morgan fingerprint density at radius 3 is 1.89 bits per heavy atom. The number of aromatic nitrogens is 4. The summed E-state index contributed by atoms with van der Waals surface area (Å²) in [6, 6.07) is 0. The zero-order valence-corrected chi connectivity index (χ0v) is 24.7. The van der Waals surface area contributed by atoms with E-state index in [0.717, 1.165) is 5.01 Å². The van der Waals surface area contributed by atoms with E-state index in [2.05, 4.69) is 61.6 Å². The molecule has 14 heteroatoms. The Bertz CT molecular complexity index is 1320. The van der Waals surface area contributed by atoms with E-state index in [0.29, 0.717) is 20.6 Å². The Labute approximate surface area is 219 Å². The number of nitrogens with zero attached hydrogens (tertiary/aromatic N) is 10. The molecule has 0 amide bonds. The van der Waals surface area contributed by atoms with Crippen molar-refractivity contribution >= 4 is 45.3 Å². The summed E-state index contributed by atoms with van der Waals surface area (Å²) in [6.45, 7) is 17.8. The van der Waals surface area contributed by atoms with E-state index in [1.807, 2.05) is 48.6 Å². The number of rotatable bonds is 4. The third-order valence-electron chi connectivity index (χ3n) is 4.50. The van der Waals surface area contributed by atoms with Crippen LogP contribution in [-0.2, 0) is 29.0 Å². The molecule has 36 heavy (non-hydrogen) atoms. The molecule has 0 bridgehead atoms. The third kappa shape index (κ3) is 7.82. The monoisotopic (exact) mass is 536 g/mol. The van der Waals surface area contributed by atoms with E-state index in [-0.39, 0.29) is 11.1 Å². The number of ether oxygens (including phenoxy) is 1. The van der Waals surface area contributed by atoms with Crippen LogP contribution in [0.5, 0.6) is 0 Å². The number of amidine groups is 1. The number of hydrogen-bond acceptors (Lipinski definition) is 11. The summed E-state index contributed by atoms with van der Waals surface area (Å²) >= 11 is 2.66. The van der Waals surface area contributed by atoms with Crippen molar-refractivity contribution in [2.75, 3.05) is 7.11 Å². The Kier molecular flexibility index (Phi) is 9.00. The van der Waals surface area contributed by atoms with Gasteiger partial charge in [-0.25, -0.2) is 14.2 Å². The lowest BCUT2D eigenvalue weighted by Crippen LogP contribution is -2.30. The van der Waals surface area contributed by atoms with Crippen molar-refractivity contribution in [1.82, 2.24) is 19.6 Å². The molecular weight excluding hydrogens is 500 g/mol. The molecule has 0 unspecified atom stereocenters. The van der Waals surface area contributed by atoms with Crippen LogP contribution in [-0.4, -0.2) is 44.2 Å². The Balaban J connectivity index is 2.45. The van der Waals surface area contributed by atoms with E-state index < -0.39 is 16.8 Å². The number of methoxy groups -OCH3 is 1. The van der Waals surface area contributed by atoms with Gasteiger partial charge in [0.15, 0.2) is 11.5 Å². The molecule has 0 N–H and O–H groups in total. The van der Waals surface area contributed by atoms with Gasteiger partial charge in [0.1, 0.15) is 5.01 Å². The summed E-state index contributed by atoms with van der Waals surface area (Å²) in [5.41, 5.74) is -0.824. The van der Waals surface area contributed by atoms with Crippen molar-refractivity contribution in [3.63, 3.8) is 0 Å². The van der Waals surface area contributed by atoms with Gasteiger partial charge in [-0.15, -0.1) is 35.7 Å². The van der Waals surface area contributed by atoms with Crippen molar-refractivity contribution in [3.05, 3.63) is 14.6 Å². The highest BCUT2D eigenvalue weighted by molar-refractivity contribution is 7.12. The van der Waals surface area contributed by atoms with E-state index >= 15 is 0 Å². The molecule has 0 aliphatic heterocycles. The van der Waals surface area contributed by atoms with Crippen molar-refractivity contribution in [1.29, 1.82) is 0 Å². The third-order valence-corrected chi connectivity index (χ3v) is 6.79. The maximum Gasteiger partial charge on any atom is 0.354 e. The van der Waals surface area contributed by atoms with Crippen LogP contribution in [0.3, 0.4) is 0 Å². The molecule has 2 aromatic rings. The molecule has 0 fully saturated rings. The molecule has 0 aliphatic carbocycles. The molecule has 2 aromatic heterocycles. The molecule has 0 spiro atoms. The number of esters is 1. The van der Waals surface area contributed by atoms with Crippen LogP contribution < -0.4 is 9.60 Å². The fourth-order valence-electron chi connectivity index (χ4n) is 2.39. The molecule has 0 radical (unpaired) electrons. The average molecular weight is 537 g/mol. The molecule has 0 saturated heterocycles. The van der Waals surface area contributed by atoms with Crippen LogP contribution in [0.2, 0.25) is 0 Å². The molecule has 0 saturated carbocycles. The molecule has 0 aliphatic rings. The van der Waals surface area contributed by atoms with Gasteiger partial charge in [-0.1, -0.05) is 85.0 Å². The highest BCUT2D eigenvalue weighted by Gasteiger charge is 2.27. The van der Waals surface area contributed by atoms with Crippen LogP contribution in [0.25, 0.3) is 0 Å². The second kappa shape index (κ2) is 11.0. The second-order valence-electron chi connectivity index (χ2n) is 11.1. The number of carbonyl (C=O) groups excluding carboxylic acids is 1. The van der Waals surface area contributed by atoms with Crippen LogP contribution in [0.1, 0.15) is 67.3 Å². The van der Waals surface area contributed by atoms with Crippen molar-refractivity contribution < 1.29 is 9.53 Å². The van der Waals surface area contributed by atoms with E-state index in [9.17, 15) is 4.79 Å². The first-order valence-corrected chi connectivity index (χ1v) is 12.9. The fraction of sp³-hybridized carbons (Fsp3) is 0.682. The van der Waals surface area contributed by atoms with Crippen LogP contribution in [0.15, 0.2) is 30.6 Å². The first-order chi connectivity index (χ1) is 16.4. The summed E-state index contributed by atoms with van der Waals surface area (Å²) in [7, 11) is 4.87. The molecule has 12 nitrogen and oxygen atoms in total. The van der Waals surface area contributed by atoms with Crippen LogP contribution in [0.4, 0.5) is 5.13 Å². The van der Waals surface area contributed by atoms with Gasteiger partial charge in [0, 0.05) is 30.3 Å². The van der Waals surface area contributed by atoms with Gasteiger partial charge in [0.05, 0.1) is 7.11 Å². The molecule has 2 heterocycles. The summed E-state index contributed by atoms with van der Waals surface area (Å²) in [5.74, 6) is -0.0969. The maximum atomic E-state index is 12.1. The summed E-state index contributed by atoms with van der Waals surface area (Å²) in [5, 5.41) is 35.9. The van der Waals surface area contributed by atoms with Gasteiger partial charge in [-0.3, -0.25) is 0 Å². The molecule has 2 rings (SSSR count). The lowest BCUT2D eigenvalue weighted by atomic mass is 9.90. The minimum atomic E-state index is -0.535. The lowest BCUT2D eigenvalue weighted by molar-refractivity contribution is -0.133. The quantitative estimate of drug-likeness (QED) is 0.191. The molecular formula is C22H36N10O2S2. The first kappa shape index (κ1) is 29.4. The minimum absolute atomic E-state index is 0.0792. The summed E-state index contributed by atoms with van der Waals surface area (Å²) < 4.78 is 8.06. The zero-order valence-electron chi connectivity index (χ0n) is 23.1. The summed E-state index contributed by atoms with van der Waals surface area (Å²) in [6.07, 6.45) is 0. The number of aryl methyl sites for hydroxylation is 2. The van der Waals surface area contributed by atoms with Gasteiger partial charge in [0.25, 0.3) is 5.13 Å². The van der Waals surface area contributed by atoms with Gasteiger partial charge >= 0.3 is 5.97 Å². The van der Waals surface area contributed by atoms with Crippen molar-refractivity contribution in [2.24, 2.45) is 55.6 Å². The maximum absolute atomic E-state index is 12.1. The largest absolute Gasteiger partial charge is 0.464 e. The smallest absolute Gasteiger partial charge is 0.354 e. The van der Waals surface area contributed by atoms with E-state index in [1.54, 1.807) is 11.7 Å². The first-order valence-electron chi connectivity index (χ1n) is 11.3. The van der Waals surface area contributed by atoms with Crippen molar-refractivity contribution in [3.8, 4) is 0 Å². The Morgan fingerprint density at radius 1 is 0.833 bits per heavy atom. The molecule has 0 atom stereocenters.